The van der Waals surface area contributed by atoms with Crippen molar-refractivity contribution in [2.45, 2.75) is 11.3 Å². The fourth-order valence-electron chi connectivity index (χ4n) is 1.82. The summed E-state index contributed by atoms with van der Waals surface area (Å²) in [5.74, 6) is -0.487. The van der Waals surface area contributed by atoms with Crippen LogP contribution in [0.4, 0.5) is 5.69 Å². The zero-order valence-corrected chi connectivity index (χ0v) is 16.3. The van der Waals surface area contributed by atoms with Gasteiger partial charge in [-0.3, -0.25) is 4.79 Å². The molecule has 0 aliphatic rings. The summed E-state index contributed by atoms with van der Waals surface area (Å²) in [6.07, 6.45) is -0.0642. The van der Waals surface area contributed by atoms with Gasteiger partial charge in [-0.25, -0.2) is 13.1 Å². The first-order chi connectivity index (χ1) is 11.3. The number of phenolic OH excluding ortho intramolecular Hbond substituents is 1. The molecule has 128 valence electrons. The van der Waals surface area contributed by atoms with Crippen LogP contribution in [-0.2, 0) is 14.8 Å². The molecule has 0 saturated heterocycles. The molecular formula is C15H14Br2N2O4S. The zero-order valence-electron chi connectivity index (χ0n) is 12.3. The molecule has 0 aliphatic carbocycles. The van der Waals surface area contributed by atoms with E-state index in [1.807, 2.05) is 0 Å². The lowest BCUT2D eigenvalue weighted by atomic mass is 10.3. The van der Waals surface area contributed by atoms with Gasteiger partial charge in [0.2, 0.25) is 15.9 Å². The lowest BCUT2D eigenvalue weighted by Gasteiger charge is -2.09. The largest absolute Gasteiger partial charge is 0.506 e. The van der Waals surface area contributed by atoms with Crippen LogP contribution in [0.3, 0.4) is 0 Å². The smallest absolute Gasteiger partial charge is 0.240 e. The van der Waals surface area contributed by atoms with Crippen LogP contribution < -0.4 is 10.0 Å². The summed E-state index contributed by atoms with van der Waals surface area (Å²) in [5, 5.41) is 12.2. The van der Waals surface area contributed by atoms with Crippen LogP contribution in [0.2, 0.25) is 0 Å². The normalized spacial score (nSPS) is 11.2. The van der Waals surface area contributed by atoms with Crippen LogP contribution in [-0.4, -0.2) is 26.0 Å². The van der Waals surface area contributed by atoms with E-state index < -0.39 is 15.9 Å². The number of hydrogen-bond acceptors (Lipinski definition) is 4. The van der Waals surface area contributed by atoms with Crippen molar-refractivity contribution < 1.29 is 18.3 Å². The maximum Gasteiger partial charge on any atom is 0.240 e. The van der Waals surface area contributed by atoms with Crippen molar-refractivity contribution >= 4 is 53.5 Å². The molecule has 1 amide bonds. The van der Waals surface area contributed by atoms with Gasteiger partial charge in [-0.2, -0.15) is 0 Å². The first kappa shape index (κ1) is 18.9. The number of aromatic hydroxyl groups is 1. The van der Waals surface area contributed by atoms with E-state index in [0.29, 0.717) is 4.47 Å². The third-order valence-corrected chi connectivity index (χ3v) is 5.50. The van der Waals surface area contributed by atoms with Crippen LogP contribution in [0, 0.1) is 0 Å². The maximum atomic E-state index is 12.1. The average molecular weight is 478 g/mol. The number of halogens is 2. The predicted octanol–water partition coefficient (Wildman–Crippen LogP) is 3.22. The SMILES string of the molecule is O=C(CCNS(=O)(=O)c1ccc(Br)cc1)Nc1ccc(Br)cc1O. The molecular weight excluding hydrogens is 464 g/mol. The van der Waals surface area contributed by atoms with Gasteiger partial charge in [0.05, 0.1) is 10.6 Å². The second-order valence-corrected chi connectivity index (χ2v) is 8.41. The number of hydrogen-bond donors (Lipinski definition) is 3. The lowest BCUT2D eigenvalue weighted by Crippen LogP contribution is -2.27. The molecule has 0 heterocycles. The molecule has 0 unspecified atom stereocenters. The van der Waals surface area contributed by atoms with Crippen molar-refractivity contribution in [2.75, 3.05) is 11.9 Å². The molecule has 0 radical (unpaired) electrons. The van der Waals surface area contributed by atoms with Crippen molar-refractivity contribution in [3.8, 4) is 5.75 Å². The van der Waals surface area contributed by atoms with E-state index in [-0.39, 0.29) is 29.3 Å². The highest BCUT2D eigenvalue weighted by Gasteiger charge is 2.14. The molecule has 2 rings (SSSR count). The summed E-state index contributed by atoms with van der Waals surface area (Å²) >= 11 is 6.43. The fourth-order valence-corrected chi connectivity index (χ4v) is 3.46. The number of sulfonamides is 1. The number of nitrogens with one attached hydrogen (secondary N) is 2. The summed E-state index contributed by atoms with van der Waals surface area (Å²) in [7, 11) is -3.67. The molecule has 2 aromatic rings. The van der Waals surface area contributed by atoms with Gasteiger partial charge in [-0.15, -0.1) is 0 Å². The second kappa shape index (κ2) is 8.11. The Bertz CT molecular complexity index is 839. The minimum atomic E-state index is -3.67. The second-order valence-electron chi connectivity index (χ2n) is 4.81. The minimum absolute atomic E-state index is 0.0540. The van der Waals surface area contributed by atoms with E-state index in [1.54, 1.807) is 24.3 Å². The van der Waals surface area contributed by atoms with E-state index in [0.717, 1.165) is 4.47 Å². The monoisotopic (exact) mass is 476 g/mol. The number of amides is 1. The van der Waals surface area contributed by atoms with Gasteiger partial charge >= 0.3 is 0 Å². The molecule has 0 bridgehead atoms. The number of carbonyl (C=O) groups is 1. The molecule has 0 saturated carbocycles. The quantitative estimate of drug-likeness (QED) is 0.556. The molecule has 9 heteroatoms. The van der Waals surface area contributed by atoms with E-state index in [2.05, 4.69) is 41.9 Å². The third-order valence-electron chi connectivity index (χ3n) is 3.00. The number of carbonyl (C=O) groups excluding carboxylic acids is 1. The van der Waals surface area contributed by atoms with Gasteiger partial charge in [0.15, 0.2) is 0 Å². The summed E-state index contributed by atoms with van der Waals surface area (Å²) in [6, 6.07) is 10.8. The number of benzene rings is 2. The molecule has 24 heavy (non-hydrogen) atoms. The lowest BCUT2D eigenvalue weighted by molar-refractivity contribution is -0.116. The Morgan fingerprint density at radius 1 is 1.04 bits per heavy atom. The summed E-state index contributed by atoms with van der Waals surface area (Å²) in [4.78, 5) is 12.0. The molecule has 0 spiro atoms. The standard InChI is InChI=1S/C15H14Br2N2O4S/c16-10-1-4-12(5-2-10)24(22,23)18-8-7-15(21)19-13-6-3-11(17)9-14(13)20/h1-6,9,18,20H,7-8H2,(H,19,21). The van der Waals surface area contributed by atoms with Crippen LogP contribution >= 0.6 is 31.9 Å². The summed E-state index contributed by atoms with van der Waals surface area (Å²) < 4.78 is 28.0. The zero-order chi connectivity index (χ0) is 17.7. The van der Waals surface area contributed by atoms with E-state index in [4.69, 9.17) is 0 Å². The fraction of sp³-hybridized carbons (Fsp3) is 0.133. The van der Waals surface area contributed by atoms with Crippen molar-refractivity contribution in [3.63, 3.8) is 0 Å². The Hall–Kier alpha value is -1.42. The van der Waals surface area contributed by atoms with E-state index >= 15 is 0 Å². The average Bonchev–Trinajstić information content (AvgIpc) is 2.50. The molecule has 2 aromatic carbocycles. The van der Waals surface area contributed by atoms with Gasteiger partial charge in [0.1, 0.15) is 5.75 Å². The van der Waals surface area contributed by atoms with Gasteiger partial charge < -0.3 is 10.4 Å². The topological polar surface area (TPSA) is 95.5 Å². The molecule has 0 fully saturated rings. The Kier molecular flexibility index (Phi) is 6.39. The van der Waals surface area contributed by atoms with Crippen LogP contribution in [0.25, 0.3) is 0 Å². The van der Waals surface area contributed by atoms with Gasteiger partial charge in [-0.05, 0) is 42.5 Å². The minimum Gasteiger partial charge on any atom is -0.506 e. The number of rotatable bonds is 6. The molecule has 0 atom stereocenters. The summed E-state index contributed by atoms with van der Waals surface area (Å²) in [6.45, 7) is -0.0540. The third kappa shape index (κ3) is 5.30. The van der Waals surface area contributed by atoms with E-state index in [9.17, 15) is 18.3 Å². The number of phenols is 1. The van der Waals surface area contributed by atoms with Crippen LogP contribution in [0.5, 0.6) is 5.75 Å². The predicted molar refractivity (Wildman–Crippen MR) is 98.4 cm³/mol. The molecule has 3 N–H and O–H groups in total. The van der Waals surface area contributed by atoms with Crippen LogP contribution in [0.15, 0.2) is 56.3 Å². The maximum absolute atomic E-state index is 12.1. The van der Waals surface area contributed by atoms with Gasteiger partial charge in [0.25, 0.3) is 0 Å². The molecule has 0 aromatic heterocycles. The van der Waals surface area contributed by atoms with Gasteiger partial charge in [-0.1, -0.05) is 31.9 Å². The van der Waals surface area contributed by atoms with Crippen molar-refractivity contribution in [1.82, 2.24) is 4.72 Å². The Morgan fingerprint density at radius 3 is 2.29 bits per heavy atom. The highest BCUT2D eigenvalue weighted by molar-refractivity contribution is 9.10. The highest BCUT2D eigenvalue weighted by Crippen LogP contribution is 2.26. The van der Waals surface area contributed by atoms with Gasteiger partial charge in [0, 0.05) is 21.9 Å². The molecule has 0 aliphatic heterocycles. The first-order valence-electron chi connectivity index (χ1n) is 6.81. The highest BCUT2D eigenvalue weighted by atomic mass is 79.9. The van der Waals surface area contributed by atoms with Crippen molar-refractivity contribution in [1.29, 1.82) is 0 Å². The first-order valence-corrected chi connectivity index (χ1v) is 9.88. The van der Waals surface area contributed by atoms with Crippen molar-refractivity contribution in [3.05, 3.63) is 51.4 Å². The Balaban J connectivity index is 1.89. The Labute approximate surface area is 156 Å². The Morgan fingerprint density at radius 2 is 1.67 bits per heavy atom. The van der Waals surface area contributed by atoms with Crippen LogP contribution in [0.1, 0.15) is 6.42 Å². The number of anilines is 1. The van der Waals surface area contributed by atoms with Crippen molar-refractivity contribution in [2.24, 2.45) is 0 Å². The molecule has 6 nitrogen and oxygen atoms in total. The summed E-state index contributed by atoms with van der Waals surface area (Å²) in [5.41, 5.74) is 0.263. The van der Waals surface area contributed by atoms with E-state index in [1.165, 1.54) is 18.2 Å².